The van der Waals surface area contributed by atoms with Gasteiger partial charge in [-0.1, -0.05) is 44.4 Å². The number of nitrogens with one attached hydrogen (secondary N) is 2. The van der Waals surface area contributed by atoms with Crippen LogP contribution in [0.4, 0.5) is 11.4 Å². The molecule has 2 heterocycles. The van der Waals surface area contributed by atoms with Crippen LogP contribution in [-0.4, -0.2) is 42.8 Å². The number of piperidine rings is 1. The Bertz CT molecular complexity index is 1100. The Kier molecular flexibility index (Phi) is 8.04. The van der Waals surface area contributed by atoms with Crippen LogP contribution in [0.5, 0.6) is 0 Å². The highest BCUT2D eigenvalue weighted by Gasteiger charge is 2.36. The van der Waals surface area contributed by atoms with Gasteiger partial charge in [0, 0.05) is 49.2 Å². The van der Waals surface area contributed by atoms with E-state index in [1.807, 2.05) is 24.3 Å². The van der Waals surface area contributed by atoms with Crippen molar-refractivity contribution in [1.82, 2.24) is 4.90 Å². The number of nitrogen functional groups attached to an aromatic ring is 1. The molecule has 2 aromatic rings. The molecule has 0 aliphatic carbocycles. The van der Waals surface area contributed by atoms with Crippen molar-refractivity contribution in [3.8, 4) is 0 Å². The van der Waals surface area contributed by atoms with Gasteiger partial charge in [-0.3, -0.25) is 15.1 Å². The van der Waals surface area contributed by atoms with Gasteiger partial charge in [0.05, 0.1) is 5.92 Å². The third-order valence-electron chi connectivity index (χ3n) is 8.18. The Morgan fingerprint density at radius 3 is 2.56 bits per heavy atom. The van der Waals surface area contributed by atoms with E-state index in [0.29, 0.717) is 30.1 Å². The molecule has 194 valence electrons. The molecular formula is C30H43N5O. The number of nitrogens with two attached hydrogens (primary N) is 1. The van der Waals surface area contributed by atoms with Crippen LogP contribution >= 0.6 is 0 Å². The number of hydrogen-bond acceptors (Lipinski definition) is 4. The molecule has 1 fully saturated rings. The zero-order valence-electron chi connectivity index (χ0n) is 22.6. The SMILES string of the molecule is CCCCC(c1cc(N(C)C)cc2c1CC(c1cccc(C(=N)N)c1)C(=O)N2)N1C(C)CCCC1C. The van der Waals surface area contributed by atoms with Gasteiger partial charge in [0.15, 0.2) is 0 Å². The van der Waals surface area contributed by atoms with E-state index in [0.717, 1.165) is 23.4 Å². The number of anilines is 2. The number of nitrogens with zero attached hydrogens (tertiary/aromatic N) is 2. The second-order valence-electron chi connectivity index (χ2n) is 11.0. The molecule has 1 amide bonds. The van der Waals surface area contributed by atoms with Crippen molar-refractivity contribution in [3.63, 3.8) is 0 Å². The van der Waals surface area contributed by atoms with Crippen molar-refractivity contribution in [2.75, 3.05) is 24.3 Å². The number of likely N-dealkylation sites (tertiary alicyclic amines) is 1. The topological polar surface area (TPSA) is 85.5 Å². The summed E-state index contributed by atoms with van der Waals surface area (Å²) in [6.45, 7) is 7.04. The van der Waals surface area contributed by atoms with Crippen LogP contribution in [0.1, 0.15) is 93.5 Å². The second kappa shape index (κ2) is 11.0. The Balaban J connectivity index is 1.82. The number of carbonyl (C=O) groups is 1. The lowest BCUT2D eigenvalue weighted by molar-refractivity contribution is -0.117. The molecule has 4 rings (SSSR count). The van der Waals surface area contributed by atoms with E-state index < -0.39 is 0 Å². The minimum atomic E-state index is -0.302. The molecule has 0 saturated carbocycles. The molecular weight excluding hydrogens is 446 g/mol. The first-order valence-corrected chi connectivity index (χ1v) is 13.6. The average Bonchev–Trinajstić information content (AvgIpc) is 2.84. The van der Waals surface area contributed by atoms with Gasteiger partial charge in [0.2, 0.25) is 5.91 Å². The molecule has 2 aromatic carbocycles. The minimum absolute atomic E-state index is 0.00914. The van der Waals surface area contributed by atoms with Gasteiger partial charge >= 0.3 is 0 Å². The van der Waals surface area contributed by atoms with Gasteiger partial charge in [-0.05, 0) is 74.4 Å². The molecule has 0 radical (unpaired) electrons. The van der Waals surface area contributed by atoms with E-state index in [-0.39, 0.29) is 17.7 Å². The third-order valence-corrected chi connectivity index (χ3v) is 8.18. The molecule has 4 N–H and O–H groups in total. The Hall–Kier alpha value is -2.86. The van der Waals surface area contributed by atoms with Gasteiger partial charge in [0.25, 0.3) is 0 Å². The van der Waals surface area contributed by atoms with Gasteiger partial charge in [-0.2, -0.15) is 0 Å². The zero-order chi connectivity index (χ0) is 26.0. The first kappa shape index (κ1) is 26.2. The molecule has 1 saturated heterocycles. The number of amides is 1. The van der Waals surface area contributed by atoms with Crippen LogP contribution in [0.15, 0.2) is 36.4 Å². The molecule has 36 heavy (non-hydrogen) atoms. The van der Waals surface area contributed by atoms with Gasteiger partial charge < -0.3 is 16.0 Å². The second-order valence-corrected chi connectivity index (χ2v) is 11.0. The van der Waals surface area contributed by atoms with E-state index in [9.17, 15) is 4.79 Å². The van der Waals surface area contributed by atoms with Crippen LogP contribution in [0.2, 0.25) is 0 Å². The summed E-state index contributed by atoms with van der Waals surface area (Å²) in [5.41, 5.74) is 12.0. The first-order chi connectivity index (χ1) is 17.2. The van der Waals surface area contributed by atoms with Gasteiger partial charge in [-0.25, -0.2) is 0 Å². The van der Waals surface area contributed by atoms with Crippen LogP contribution in [0.25, 0.3) is 0 Å². The third kappa shape index (κ3) is 5.29. The van der Waals surface area contributed by atoms with Crippen molar-refractivity contribution in [2.24, 2.45) is 5.73 Å². The molecule has 4 unspecified atom stereocenters. The monoisotopic (exact) mass is 489 g/mol. The lowest BCUT2D eigenvalue weighted by Gasteiger charge is -2.46. The summed E-state index contributed by atoms with van der Waals surface area (Å²) < 4.78 is 0. The number of carbonyl (C=O) groups excluding carboxylic acids is 1. The number of rotatable bonds is 8. The van der Waals surface area contributed by atoms with Crippen LogP contribution in [0, 0.1) is 5.41 Å². The highest BCUT2D eigenvalue weighted by molar-refractivity contribution is 6.00. The summed E-state index contributed by atoms with van der Waals surface area (Å²) in [5.74, 6) is -0.267. The van der Waals surface area contributed by atoms with Crippen molar-refractivity contribution in [2.45, 2.75) is 89.8 Å². The first-order valence-electron chi connectivity index (χ1n) is 13.6. The van der Waals surface area contributed by atoms with Crippen LogP contribution < -0.4 is 16.0 Å². The molecule has 6 heteroatoms. The molecule has 4 atom stereocenters. The van der Waals surface area contributed by atoms with E-state index in [2.05, 4.69) is 62.1 Å². The summed E-state index contributed by atoms with van der Waals surface area (Å²) in [6, 6.07) is 13.5. The Morgan fingerprint density at radius 2 is 1.92 bits per heavy atom. The summed E-state index contributed by atoms with van der Waals surface area (Å²) in [4.78, 5) is 18.3. The van der Waals surface area contributed by atoms with E-state index in [1.54, 1.807) is 0 Å². The predicted molar refractivity (Wildman–Crippen MR) is 150 cm³/mol. The number of amidine groups is 1. The smallest absolute Gasteiger partial charge is 0.232 e. The maximum absolute atomic E-state index is 13.4. The standard InChI is InChI=1S/C30H43N5O/c1-6-7-14-28(35-19(2)10-8-11-20(35)3)26-16-23(34(4)5)17-27-25(26)18-24(30(36)33-27)21-12-9-13-22(15-21)29(31)32/h9,12-13,15-17,19-20,24,28H,6-8,10-11,14,18H2,1-5H3,(H3,31,32)(H,33,36). The summed E-state index contributed by atoms with van der Waals surface area (Å²) >= 11 is 0. The van der Waals surface area contributed by atoms with Crippen molar-refractivity contribution in [1.29, 1.82) is 5.41 Å². The Labute approximate surface area is 216 Å². The number of unbranched alkanes of at least 4 members (excludes halogenated alkanes) is 1. The fourth-order valence-electron chi connectivity index (χ4n) is 6.20. The minimum Gasteiger partial charge on any atom is -0.384 e. The van der Waals surface area contributed by atoms with Crippen molar-refractivity contribution < 1.29 is 4.79 Å². The maximum atomic E-state index is 13.4. The van der Waals surface area contributed by atoms with Crippen LogP contribution in [-0.2, 0) is 11.2 Å². The van der Waals surface area contributed by atoms with Crippen molar-refractivity contribution in [3.05, 3.63) is 58.7 Å². The highest BCUT2D eigenvalue weighted by Crippen LogP contribution is 2.44. The predicted octanol–water partition coefficient (Wildman–Crippen LogP) is 5.81. The average molecular weight is 490 g/mol. The molecule has 0 spiro atoms. The lowest BCUT2D eigenvalue weighted by atomic mass is 9.81. The maximum Gasteiger partial charge on any atom is 0.232 e. The van der Waals surface area contributed by atoms with E-state index >= 15 is 0 Å². The molecule has 2 aliphatic rings. The fraction of sp³-hybridized carbons (Fsp3) is 0.533. The quantitative estimate of drug-likeness (QED) is 0.323. The fourth-order valence-corrected chi connectivity index (χ4v) is 6.20. The van der Waals surface area contributed by atoms with E-state index in [1.165, 1.54) is 43.2 Å². The van der Waals surface area contributed by atoms with Crippen LogP contribution in [0.3, 0.4) is 0 Å². The number of benzene rings is 2. The Morgan fingerprint density at radius 1 is 1.19 bits per heavy atom. The summed E-state index contributed by atoms with van der Waals surface area (Å²) in [6.07, 6.45) is 7.88. The summed E-state index contributed by atoms with van der Waals surface area (Å²) in [5, 5.41) is 11.1. The van der Waals surface area contributed by atoms with Crippen molar-refractivity contribution >= 4 is 23.1 Å². The number of fused-ring (bicyclic) bond motifs is 1. The number of hydrogen-bond donors (Lipinski definition) is 3. The molecule has 0 aromatic heterocycles. The summed E-state index contributed by atoms with van der Waals surface area (Å²) in [7, 11) is 4.14. The van der Waals surface area contributed by atoms with Gasteiger partial charge in [0.1, 0.15) is 5.84 Å². The normalized spacial score (nSPS) is 23.0. The molecule has 0 bridgehead atoms. The zero-order valence-corrected chi connectivity index (χ0v) is 22.6. The lowest BCUT2D eigenvalue weighted by Crippen LogP contribution is -2.46. The highest BCUT2D eigenvalue weighted by atomic mass is 16.1. The van der Waals surface area contributed by atoms with E-state index in [4.69, 9.17) is 11.1 Å². The molecule has 6 nitrogen and oxygen atoms in total. The largest absolute Gasteiger partial charge is 0.384 e. The molecule has 2 aliphatic heterocycles. The van der Waals surface area contributed by atoms with Gasteiger partial charge in [-0.15, -0.1) is 0 Å².